The molecule has 0 aliphatic rings. The number of hydrogen-bond donors (Lipinski definition) is 3. The first-order valence-electron chi connectivity index (χ1n) is 9.26. The summed E-state index contributed by atoms with van der Waals surface area (Å²) < 4.78 is 11.0. The Bertz CT molecular complexity index is 1040. The van der Waals surface area contributed by atoms with Crippen LogP contribution in [-0.2, 0) is 5.41 Å². The van der Waals surface area contributed by atoms with Crippen molar-refractivity contribution < 1.29 is 18.8 Å². The lowest BCUT2D eigenvalue weighted by molar-refractivity contribution is 0.0958. The molecule has 0 saturated carbocycles. The summed E-state index contributed by atoms with van der Waals surface area (Å²) in [6.07, 6.45) is 1.50. The van der Waals surface area contributed by atoms with Crippen molar-refractivity contribution in [2.75, 3.05) is 17.7 Å². The van der Waals surface area contributed by atoms with Gasteiger partial charge in [0.25, 0.3) is 5.91 Å². The number of carbonyl (C=O) groups excluding carboxylic acids is 2. The predicted octanol–water partition coefficient (Wildman–Crippen LogP) is 4.16. The summed E-state index contributed by atoms with van der Waals surface area (Å²) in [6, 6.07) is 11.2. The molecule has 0 aliphatic heterocycles. The lowest BCUT2D eigenvalue weighted by atomic mass is 9.93. The van der Waals surface area contributed by atoms with Crippen molar-refractivity contribution in [1.82, 2.24) is 15.5 Å². The Morgan fingerprint density at radius 2 is 1.73 bits per heavy atom. The Hall–Kier alpha value is -3.88. The first kappa shape index (κ1) is 20.8. The van der Waals surface area contributed by atoms with Crippen LogP contribution in [0, 0.1) is 0 Å². The number of ether oxygens (including phenoxy) is 1. The summed E-state index contributed by atoms with van der Waals surface area (Å²) in [5.74, 6) is 1.73. The van der Waals surface area contributed by atoms with Crippen molar-refractivity contribution in [3.8, 4) is 11.5 Å². The number of rotatable bonds is 5. The third-order valence-electron chi connectivity index (χ3n) is 4.03. The molecule has 0 saturated heterocycles. The number of hydrogen-bond acceptors (Lipinski definition) is 6. The summed E-state index contributed by atoms with van der Waals surface area (Å²) in [6.45, 7) is 5.98. The maximum Gasteiger partial charge on any atom is 0.324 e. The van der Waals surface area contributed by atoms with Gasteiger partial charge in [-0.2, -0.15) is 0 Å². The molecule has 3 amide bonds. The fraction of sp³-hybridized carbons (Fsp3) is 0.238. The second-order valence-electron chi connectivity index (χ2n) is 7.49. The molecule has 0 spiro atoms. The topological polar surface area (TPSA) is 118 Å². The number of amides is 3. The first-order valence-corrected chi connectivity index (χ1v) is 9.26. The maximum absolute atomic E-state index is 12.2. The Balaban J connectivity index is 1.58. The van der Waals surface area contributed by atoms with Crippen LogP contribution in [0.2, 0.25) is 0 Å². The molecule has 0 bridgehead atoms. The van der Waals surface area contributed by atoms with Gasteiger partial charge in [-0.25, -0.2) is 4.79 Å². The maximum atomic E-state index is 12.2. The highest BCUT2D eigenvalue weighted by Crippen LogP contribution is 2.25. The molecule has 0 aliphatic carbocycles. The van der Waals surface area contributed by atoms with Crippen LogP contribution in [0.4, 0.5) is 16.3 Å². The van der Waals surface area contributed by atoms with Gasteiger partial charge in [0, 0.05) is 36.5 Å². The van der Waals surface area contributed by atoms with Crippen LogP contribution in [0.1, 0.15) is 37.0 Å². The Labute approximate surface area is 173 Å². The average Bonchev–Trinajstić information content (AvgIpc) is 3.18. The van der Waals surface area contributed by atoms with E-state index in [4.69, 9.17) is 9.26 Å². The van der Waals surface area contributed by atoms with Crippen LogP contribution in [-0.4, -0.2) is 29.1 Å². The number of urea groups is 1. The van der Waals surface area contributed by atoms with Gasteiger partial charge in [0.05, 0.1) is 0 Å². The standard InChI is InChI=1S/C21H23N5O4/c1-21(2,3)17-12-18(26-30-17)25-20(28)24-13-5-7-14(8-6-13)29-15-9-10-23-16(11-15)19(27)22-4/h5-12H,1-4H3,(H,22,27)(H2,24,25,26,28). The Morgan fingerprint density at radius 1 is 1.00 bits per heavy atom. The number of benzene rings is 1. The zero-order valence-corrected chi connectivity index (χ0v) is 17.1. The first-order chi connectivity index (χ1) is 14.2. The van der Waals surface area contributed by atoms with E-state index in [1.54, 1.807) is 42.5 Å². The summed E-state index contributed by atoms with van der Waals surface area (Å²) in [5, 5.41) is 11.7. The predicted molar refractivity (Wildman–Crippen MR) is 112 cm³/mol. The molecule has 2 aromatic heterocycles. The molecule has 2 heterocycles. The van der Waals surface area contributed by atoms with Gasteiger partial charge in [0.15, 0.2) is 5.82 Å². The fourth-order valence-electron chi connectivity index (χ4n) is 2.44. The zero-order valence-electron chi connectivity index (χ0n) is 17.1. The van der Waals surface area contributed by atoms with E-state index in [1.807, 2.05) is 20.8 Å². The number of nitrogens with one attached hydrogen (secondary N) is 3. The van der Waals surface area contributed by atoms with E-state index in [0.29, 0.717) is 28.8 Å². The van der Waals surface area contributed by atoms with Gasteiger partial charge in [-0.3, -0.25) is 15.1 Å². The van der Waals surface area contributed by atoms with E-state index >= 15 is 0 Å². The number of anilines is 2. The number of nitrogens with zero attached hydrogens (tertiary/aromatic N) is 2. The second-order valence-corrected chi connectivity index (χ2v) is 7.49. The molecule has 1 aromatic carbocycles. The van der Waals surface area contributed by atoms with Crippen LogP contribution in [0.15, 0.2) is 53.2 Å². The highest BCUT2D eigenvalue weighted by atomic mass is 16.5. The van der Waals surface area contributed by atoms with Crippen molar-refractivity contribution in [3.63, 3.8) is 0 Å². The van der Waals surface area contributed by atoms with Crippen LogP contribution >= 0.6 is 0 Å². The normalized spacial score (nSPS) is 10.9. The number of pyridine rings is 1. The van der Waals surface area contributed by atoms with Crippen LogP contribution in [0.3, 0.4) is 0 Å². The van der Waals surface area contributed by atoms with E-state index in [-0.39, 0.29) is 17.0 Å². The molecular weight excluding hydrogens is 386 g/mol. The third kappa shape index (κ3) is 5.34. The summed E-state index contributed by atoms with van der Waals surface area (Å²) >= 11 is 0. The van der Waals surface area contributed by atoms with Crippen LogP contribution < -0.4 is 20.7 Å². The van der Waals surface area contributed by atoms with Crippen molar-refractivity contribution in [2.24, 2.45) is 0 Å². The molecule has 3 rings (SSSR count). The average molecular weight is 409 g/mol. The molecule has 0 atom stereocenters. The van der Waals surface area contributed by atoms with E-state index in [1.165, 1.54) is 13.2 Å². The third-order valence-corrected chi connectivity index (χ3v) is 4.03. The molecule has 156 valence electrons. The van der Waals surface area contributed by atoms with Gasteiger partial charge in [-0.15, -0.1) is 0 Å². The molecule has 9 nitrogen and oxygen atoms in total. The largest absolute Gasteiger partial charge is 0.457 e. The van der Waals surface area contributed by atoms with Crippen LogP contribution in [0.25, 0.3) is 0 Å². The van der Waals surface area contributed by atoms with Crippen molar-refractivity contribution in [3.05, 3.63) is 60.1 Å². The monoisotopic (exact) mass is 409 g/mol. The van der Waals surface area contributed by atoms with Gasteiger partial charge >= 0.3 is 6.03 Å². The highest BCUT2D eigenvalue weighted by molar-refractivity contribution is 5.99. The van der Waals surface area contributed by atoms with Gasteiger partial charge in [0.2, 0.25) is 0 Å². The molecule has 0 radical (unpaired) electrons. The number of aromatic nitrogens is 2. The lowest BCUT2D eigenvalue weighted by Crippen LogP contribution is -2.19. The fourth-order valence-corrected chi connectivity index (χ4v) is 2.44. The van der Waals surface area contributed by atoms with Gasteiger partial charge in [-0.05, 0) is 30.3 Å². The summed E-state index contributed by atoms with van der Waals surface area (Å²) in [5.41, 5.74) is 0.627. The molecule has 9 heteroatoms. The molecule has 30 heavy (non-hydrogen) atoms. The van der Waals surface area contributed by atoms with Gasteiger partial charge in [0.1, 0.15) is 23.0 Å². The molecule has 3 aromatic rings. The minimum absolute atomic E-state index is 0.199. The van der Waals surface area contributed by atoms with E-state index < -0.39 is 6.03 Å². The van der Waals surface area contributed by atoms with E-state index in [2.05, 4.69) is 26.1 Å². The Kier molecular flexibility index (Phi) is 6.01. The van der Waals surface area contributed by atoms with Gasteiger partial charge < -0.3 is 19.9 Å². The highest BCUT2D eigenvalue weighted by Gasteiger charge is 2.20. The zero-order chi connectivity index (χ0) is 21.7. The lowest BCUT2D eigenvalue weighted by Gasteiger charge is -2.12. The second kappa shape index (κ2) is 8.64. The Morgan fingerprint density at radius 3 is 2.37 bits per heavy atom. The molecule has 0 fully saturated rings. The minimum atomic E-state index is -0.443. The smallest absolute Gasteiger partial charge is 0.324 e. The summed E-state index contributed by atoms with van der Waals surface area (Å²) in [4.78, 5) is 27.8. The quantitative estimate of drug-likeness (QED) is 0.582. The van der Waals surface area contributed by atoms with Crippen molar-refractivity contribution in [2.45, 2.75) is 26.2 Å². The van der Waals surface area contributed by atoms with Crippen molar-refractivity contribution >= 4 is 23.4 Å². The van der Waals surface area contributed by atoms with Gasteiger partial charge in [-0.1, -0.05) is 25.9 Å². The molecule has 0 unspecified atom stereocenters. The minimum Gasteiger partial charge on any atom is -0.457 e. The molecule has 3 N–H and O–H groups in total. The van der Waals surface area contributed by atoms with Crippen LogP contribution in [0.5, 0.6) is 11.5 Å². The van der Waals surface area contributed by atoms with Crippen molar-refractivity contribution in [1.29, 1.82) is 0 Å². The SMILES string of the molecule is CNC(=O)c1cc(Oc2ccc(NC(=O)Nc3cc(C(C)(C)C)on3)cc2)ccn1. The van der Waals surface area contributed by atoms with E-state index in [0.717, 1.165) is 0 Å². The van der Waals surface area contributed by atoms with E-state index in [9.17, 15) is 9.59 Å². The molecular formula is C21H23N5O4. The number of carbonyl (C=O) groups is 2. The summed E-state index contributed by atoms with van der Waals surface area (Å²) in [7, 11) is 1.53.